The normalized spacial score (nSPS) is 18.4. The maximum Gasteiger partial charge on any atom is 0.253 e. The van der Waals surface area contributed by atoms with E-state index in [1.54, 1.807) is 13.0 Å². The van der Waals surface area contributed by atoms with Gasteiger partial charge in [-0.2, -0.15) is 4.31 Å². The first kappa shape index (κ1) is 13.8. The van der Waals surface area contributed by atoms with Crippen LogP contribution in [0.3, 0.4) is 0 Å². The molecule has 1 aromatic heterocycles. The van der Waals surface area contributed by atoms with Gasteiger partial charge in [0, 0.05) is 13.1 Å². The molecule has 1 fully saturated rings. The highest BCUT2D eigenvalue weighted by atomic mass is 35.5. The van der Waals surface area contributed by atoms with Gasteiger partial charge in [0.15, 0.2) is 0 Å². The third-order valence-corrected chi connectivity index (χ3v) is 6.50. The van der Waals surface area contributed by atoms with E-state index in [0.717, 1.165) is 16.9 Å². The zero-order valence-corrected chi connectivity index (χ0v) is 12.2. The molecular weight excluding hydrogens is 296 g/mol. The van der Waals surface area contributed by atoms with Gasteiger partial charge in [0.2, 0.25) is 5.91 Å². The molecule has 0 spiro atoms. The Kier molecular flexibility index (Phi) is 3.96. The summed E-state index contributed by atoms with van der Waals surface area (Å²) in [5.74, 6) is -0.268. The van der Waals surface area contributed by atoms with Crippen LogP contribution in [0.15, 0.2) is 10.3 Å². The van der Waals surface area contributed by atoms with E-state index in [1.807, 2.05) is 0 Å². The smallest absolute Gasteiger partial charge is 0.253 e. The Labute approximate surface area is 115 Å². The molecule has 0 unspecified atom stereocenters. The number of carbonyl (C=O) groups excluding carboxylic acids is 1. The minimum atomic E-state index is -3.61. The van der Waals surface area contributed by atoms with Gasteiger partial charge in [0.1, 0.15) is 4.21 Å². The Balaban J connectivity index is 2.32. The minimum Gasteiger partial charge on any atom is -0.355 e. The van der Waals surface area contributed by atoms with Crippen molar-refractivity contribution in [1.82, 2.24) is 9.62 Å². The molecule has 18 heavy (non-hydrogen) atoms. The molecule has 1 amide bonds. The molecule has 0 aliphatic carbocycles. The van der Waals surface area contributed by atoms with Crippen molar-refractivity contribution < 1.29 is 13.2 Å². The second kappa shape index (κ2) is 5.16. The first-order valence-electron chi connectivity index (χ1n) is 5.44. The second-order valence-corrected chi connectivity index (χ2v) is 7.88. The third-order valence-electron chi connectivity index (χ3n) is 2.66. The van der Waals surface area contributed by atoms with E-state index in [-0.39, 0.29) is 16.7 Å². The summed E-state index contributed by atoms with van der Waals surface area (Å²) in [5, 5.41) is 2.65. The fourth-order valence-corrected chi connectivity index (χ4v) is 4.97. The van der Waals surface area contributed by atoms with Gasteiger partial charge in [-0.05, 0) is 25.0 Å². The summed E-state index contributed by atoms with van der Waals surface area (Å²) in [4.78, 5) is 11.4. The summed E-state index contributed by atoms with van der Waals surface area (Å²) in [7, 11) is -3.61. The van der Waals surface area contributed by atoms with Crippen LogP contribution in [-0.4, -0.2) is 38.3 Å². The summed E-state index contributed by atoms with van der Waals surface area (Å²) in [6, 6.07) is 1.55. The minimum absolute atomic E-state index is 0.128. The number of halogens is 1. The van der Waals surface area contributed by atoms with Crippen LogP contribution in [-0.2, 0) is 14.8 Å². The number of rotatable bonds is 2. The van der Waals surface area contributed by atoms with Crippen LogP contribution >= 0.6 is 22.9 Å². The lowest BCUT2D eigenvalue weighted by molar-refractivity contribution is -0.120. The average molecular weight is 309 g/mol. The number of sulfonamides is 1. The average Bonchev–Trinajstić information content (AvgIpc) is 2.52. The fourth-order valence-electron chi connectivity index (χ4n) is 1.67. The number of carbonyl (C=O) groups is 1. The Hall–Kier alpha value is -0.630. The molecule has 0 radical (unpaired) electrons. The van der Waals surface area contributed by atoms with Crippen molar-refractivity contribution in [3.05, 3.63) is 16.0 Å². The zero-order valence-electron chi connectivity index (χ0n) is 9.77. The molecule has 8 heteroatoms. The predicted octanol–water partition coefficient (Wildman–Crippen LogP) is 1.22. The van der Waals surface area contributed by atoms with Gasteiger partial charge in [0.25, 0.3) is 10.0 Å². The van der Waals surface area contributed by atoms with Crippen LogP contribution in [0.1, 0.15) is 12.0 Å². The molecule has 1 aromatic rings. The summed E-state index contributed by atoms with van der Waals surface area (Å²) >= 11 is 6.92. The lowest BCUT2D eigenvalue weighted by Gasteiger charge is -2.17. The predicted molar refractivity (Wildman–Crippen MR) is 70.5 cm³/mol. The van der Waals surface area contributed by atoms with Gasteiger partial charge >= 0.3 is 0 Å². The van der Waals surface area contributed by atoms with Crippen molar-refractivity contribution >= 4 is 38.9 Å². The number of thiophene rings is 1. The van der Waals surface area contributed by atoms with Crippen molar-refractivity contribution in [1.29, 1.82) is 0 Å². The molecule has 2 rings (SSSR count). The van der Waals surface area contributed by atoms with Gasteiger partial charge in [-0.15, -0.1) is 11.3 Å². The highest BCUT2D eigenvalue weighted by molar-refractivity contribution is 7.91. The van der Waals surface area contributed by atoms with Crippen molar-refractivity contribution in [2.24, 2.45) is 0 Å². The lowest BCUT2D eigenvalue weighted by Crippen LogP contribution is -2.37. The van der Waals surface area contributed by atoms with Crippen molar-refractivity contribution in [3.63, 3.8) is 0 Å². The number of nitrogens with zero attached hydrogens (tertiary/aromatic N) is 1. The van der Waals surface area contributed by atoms with Crippen LogP contribution in [0, 0.1) is 6.92 Å². The quantitative estimate of drug-likeness (QED) is 0.893. The van der Waals surface area contributed by atoms with Gasteiger partial charge in [-0.25, -0.2) is 8.42 Å². The topological polar surface area (TPSA) is 66.5 Å². The van der Waals surface area contributed by atoms with E-state index in [1.165, 1.54) is 4.31 Å². The first-order chi connectivity index (χ1) is 8.41. The van der Waals surface area contributed by atoms with E-state index in [4.69, 9.17) is 11.6 Å². The standard InChI is InChI=1S/C10H13ClN2O3S2/c1-7-5-9(17-10(7)11)18(15,16)13-4-2-3-12-8(14)6-13/h5H,2-4,6H2,1H3,(H,12,14). The molecule has 1 aliphatic rings. The van der Waals surface area contributed by atoms with E-state index in [9.17, 15) is 13.2 Å². The summed E-state index contributed by atoms with van der Waals surface area (Å²) in [6.07, 6.45) is 0.614. The van der Waals surface area contributed by atoms with Crippen LogP contribution in [0.2, 0.25) is 4.34 Å². The van der Waals surface area contributed by atoms with Crippen LogP contribution in [0.4, 0.5) is 0 Å². The lowest BCUT2D eigenvalue weighted by atomic mass is 10.4. The van der Waals surface area contributed by atoms with Gasteiger partial charge in [-0.3, -0.25) is 4.79 Å². The van der Waals surface area contributed by atoms with E-state index >= 15 is 0 Å². The number of aryl methyl sites for hydroxylation is 1. The number of hydrogen-bond donors (Lipinski definition) is 1. The molecule has 0 atom stereocenters. The molecule has 5 nitrogen and oxygen atoms in total. The summed E-state index contributed by atoms with van der Waals surface area (Å²) in [6.45, 7) is 2.48. The van der Waals surface area contributed by atoms with E-state index in [0.29, 0.717) is 23.8 Å². The molecule has 1 saturated heterocycles. The van der Waals surface area contributed by atoms with E-state index in [2.05, 4.69) is 5.32 Å². The molecule has 100 valence electrons. The largest absolute Gasteiger partial charge is 0.355 e. The maximum atomic E-state index is 12.3. The van der Waals surface area contributed by atoms with Crippen LogP contribution in [0.25, 0.3) is 0 Å². The molecule has 0 saturated carbocycles. The van der Waals surface area contributed by atoms with Crippen molar-refractivity contribution in [2.45, 2.75) is 17.6 Å². The Morgan fingerprint density at radius 2 is 2.22 bits per heavy atom. The molecule has 0 aromatic carbocycles. The SMILES string of the molecule is Cc1cc(S(=O)(=O)N2CCCNC(=O)C2)sc1Cl. The summed E-state index contributed by atoms with van der Waals surface area (Å²) in [5.41, 5.74) is 0.736. The van der Waals surface area contributed by atoms with E-state index < -0.39 is 10.0 Å². The van der Waals surface area contributed by atoms with Crippen LogP contribution in [0.5, 0.6) is 0 Å². The monoisotopic (exact) mass is 308 g/mol. The zero-order chi connectivity index (χ0) is 13.3. The molecule has 1 N–H and O–H groups in total. The third kappa shape index (κ3) is 2.69. The highest BCUT2D eigenvalue weighted by Crippen LogP contribution is 2.32. The second-order valence-electron chi connectivity index (χ2n) is 4.06. The van der Waals surface area contributed by atoms with Gasteiger partial charge < -0.3 is 5.32 Å². The highest BCUT2D eigenvalue weighted by Gasteiger charge is 2.29. The van der Waals surface area contributed by atoms with Crippen LogP contribution < -0.4 is 5.32 Å². The van der Waals surface area contributed by atoms with Gasteiger partial charge in [0.05, 0.1) is 10.9 Å². The van der Waals surface area contributed by atoms with Crippen molar-refractivity contribution in [2.75, 3.05) is 19.6 Å². The number of nitrogens with one attached hydrogen (secondary N) is 1. The fraction of sp³-hybridized carbons (Fsp3) is 0.500. The Morgan fingerprint density at radius 1 is 1.50 bits per heavy atom. The number of amides is 1. The summed E-state index contributed by atoms with van der Waals surface area (Å²) < 4.78 is 26.6. The van der Waals surface area contributed by atoms with Crippen molar-refractivity contribution in [3.8, 4) is 0 Å². The molecule has 2 heterocycles. The Morgan fingerprint density at radius 3 is 2.83 bits per heavy atom. The molecule has 0 bridgehead atoms. The molecular formula is C10H13ClN2O3S2. The molecule has 1 aliphatic heterocycles. The Bertz CT molecular complexity index is 548. The first-order valence-corrected chi connectivity index (χ1v) is 8.07. The maximum absolute atomic E-state index is 12.3. The van der Waals surface area contributed by atoms with Gasteiger partial charge in [-0.1, -0.05) is 11.6 Å². The number of hydrogen-bond acceptors (Lipinski definition) is 4.